The maximum absolute atomic E-state index is 12.5. The summed E-state index contributed by atoms with van der Waals surface area (Å²) in [7, 11) is 0. The van der Waals surface area contributed by atoms with Gasteiger partial charge in [-0.25, -0.2) is 0 Å². The molecule has 0 aromatic heterocycles. The van der Waals surface area contributed by atoms with Crippen molar-refractivity contribution in [2.75, 3.05) is 46.0 Å². The highest BCUT2D eigenvalue weighted by atomic mass is 19.1. The normalized spacial score (nSPS) is 20.4. The Labute approximate surface area is 188 Å². The lowest BCUT2D eigenvalue weighted by Crippen LogP contribution is -2.49. The SMILES string of the molecule is C[C@H](CN1CCc2cc(O)ccc2C1c1ccc(OCCN2CC(CF)C2)cc1)C(=O)O. The number of ether oxygens (including phenoxy) is 1. The van der Waals surface area contributed by atoms with Gasteiger partial charge in [0.05, 0.1) is 18.6 Å². The van der Waals surface area contributed by atoms with E-state index in [1.807, 2.05) is 30.3 Å². The van der Waals surface area contributed by atoms with Crippen molar-refractivity contribution in [3.63, 3.8) is 0 Å². The molecule has 32 heavy (non-hydrogen) atoms. The second-order valence-electron chi connectivity index (χ2n) is 8.97. The van der Waals surface area contributed by atoms with E-state index in [-0.39, 0.29) is 24.4 Å². The van der Waals surface area contributed by atoms with Crippen LogP contribution < -0.4 is 4.74 Å². The number of phenolic OH excluding ortho intramolecular Hbond substituents is 1. The fourth-order valence-electron chi connectivity index (χ4n) is 4.68. The second kappa shape index (κ2) is 9.88. The molecule has 7 heteroatoms. The van der Waals surface area contributed by atoms with Crippen molar-refractivity contribution in [2.45, 2.75) is 19.4 Å². The van der Waals surface area contributed by atoms with Crippen LogP contribution in [0.2, 0.25) is 0 Å². The third-order valence-corrected chi connectivity index (χ3v) is 6.51. The summed E-state index contributed by atoms with van der Waals surface area (Å²) in [5, 5.41) is 19.3. The summed E-state index contributed by atoms with van der Waals surface area (Å²) < 4.78 is 18.4. The number of rotatable bonds is 9. The largest absolute Gasteiger partial charge is 0.508 e. The molecular weight excluding hydrogens is 411 g/mol. The number of phenols is 1. The van der Waals surface area contributed by atoms with Gasteiger partial charge in [0.25, 0.3) is 0 Å². The van der Waals surface area contributed by atoms with Gasteiger partial charge < -0.3 is 14.9 Å². The fourth-order valence-corrected chi connectivity index (χ4v) is 4.68. The first-order valence-corrected chi connectivity index (χ1v) is 11.2. The van der Waals surface area contributed by atoms with Gasteiger partial charge in [-0.05, 0) is 47.4 Å². The summed E-state index contributed by atoms with van der Waals surface area (Å²) in [6.07, 6.45) is 0.771. The Morgan fingerprint density at radius 3 is 2.66 bits per heavy atom. The summed E-state index contributed by atoms with van der Waals surface area (Å²) in [6.45, 7) is 5.63. The number of alkyl halides is 1. The van der Waals surface area contributed by atoms with Crippen LogP contribution in [0.15, 0.2) is 42.5 Å². The molecule has 1 unspecified atom stereocenters. The summed E-state index contributed by atoms with van der Waals surface area (Å²) in [5.74, 6) is -0.0650. The first-order chi connectivity index (χ1) is 15.4. The van der Waals surface area contributed by atoms with Gasteiger partial charge in [0.15, 0.2) is 0 Å². The maximum atomic E-state index is 12.5. The third kappa shape index (κ3) is 5.05. The molecule has 0 spiro atoms. The van der Waals surface area contributed by atoms with E-state index in [2.05, 4.69) is 9.80 Å². The van der Waals surface area contributed by atoms with Crippen molar-refractivity contribution < 1.29 is 24.1 Å². The fraction of sp³-hybridized carbons (Fsp3) is 0.480. The van der Waals surface area contributed by atoms with E-state index in [0.717, 1.165) is 55.0 Å². The first-order valence-electron chi connectivity index (χ1n) is 11.2. The van der Waals surface area contributed by atoms with Crippen molar-refractivity contribution in [2.24, 2.45) is 11.8 Å². The highest BCUT2D eigenvalue weighted by Crippen LogP contribution is 2.37. The number of hydrogen-bond donors (Lipinski definition) is 2. The van der Waals surface area contributed by atoms with E-state index in [1.165, 1.54) is 0 Å². The zero-order chi connectivity index (χ0) is 22.7. The van der Waals surface area contributed by atoms with E-state index in [9.17, 15) is 19.4 Å². The van der Waals surface area contributed by atoms with E-state index in [0.29, 0.717) is 13.2 Å². The number of carbonyl (C=O) groups is 1. The van der Waals surface area contributed by atoms with Crippen molar-refractivity contribution in [3.05, 3.63) is 59.2 Å². The minimum absolute atomic E-state index is 0.0751. The van der Waals surface area contributed by atoms with Gasteiger partial charge in [-0.15, -0.1) is 0 Å². The minimum atomic E-state index is -0.802. The number of hydrogen-bond acceptors (Lipinski definition) is 5. The van der Waals surface area contributed by atoms with Crippen LogP contribution in [0.5, 0.6) is 11.5 Å². The highest BCUT2D eigenvalue weighted by Gasteiger charge is 2.31. The molecule has 2 atom stereocenters. The highest BCUT2D eigenvalue weighted by molar-refractivity contribution is 5.69. The number of carboxylic acid groups (broad SMARTS) is 1. The predicted molar refractivity (Wildman–Crippen MR) is 120 cm³/mol. The number of benzene rings is 2. The van der Waals surface area contributed by atoms with E-state index in [1.54, 1.807) is 19.1 Å². The Morgan fingerprint density at radius 2 is 1.97 bits per heavy atom. The number of halogens is 1. The molecule has 0 saturated carbocycles. The number of likely N-dealkylation sites (tertiary alicyclic amines) is 1. The van der Waals surface area contributed by atoms with E-state index < -0.39 is 11.9 Å². The van der Waals surface area contributed by atoms with Gasteiger partial charge >= 0.3 is 5.97 Å². The van der Waals surface area contributed by atoms with Crippen LogP contribution >= 0.6 is 0 Å². The molecule has 2 N–H and O–H groups in total. The van der Waals surface area contributed by atoms with Crippen molar-refractivity contribution in [1.82, 2.24) is 9.80 Å². The molecule has 1 saturated heterocycles. The molecular formula is C25H31FN2O4. The topological polar surface area (TPSA) is 73.2 Å². The monoisotopic (exact) mass is 442 g/mol. The molecule has 2 aromatic carbocycles. The van der Waals surface area contributed by atoms with Crippen LogP contribution in [-0.2, 0) is 11.2 Å². The van der Waals surface area contributed by atoms with Crippen LogP contribution in [0.25, 0.3) is 0 Å². The minimum Gasteiger partial charge on any atom is -0.508 e. The lowest BCUT2D eigenvalue weighted by Gasteiger charge is -2.38. The number of aliphatic carboxylic acids is 1. The van der Waals surface area contributed by atoms with Gasteiger partial charge in [-0.1, -0.05) is 25.1 Å². The van der Waals surface area contributed by atoms with Gasteiger partial charge in [-0.3, -0.25) is 19.0 Å². The maximum Gasteiger partial charge on any atom is 0.307 e. The molecule has 0 aliphatic carbocycles. The van der Waals surface area contributed by atoms with Gasteiger partial charge in [-0.2, -0.15) is 0 Å². The summed E-state index contributed by atoms with van der Waals surface area (Å²) >= 11 is 0. The Morgan fingerprint density at radius 1 is 1.22 bits per heavy atom. The Kier molecular flexibility index (Phi) is 6.96. The third-order valence-electron chi connectivity index (χ3n) is 6.51. The van der Waals surface area contributed by atoms with Gasteiger partial charge in [0.1, 0.15) is 18.1 Å². The standard InChI is InChI=1S/C25H31FN2O4/c1-17(25(30)31)14-28-9-8-20-12-21(29)4-7-23(20)24(28)19-2-5-22(6-3-19)32-11-10-27-15-18(13-26)16-27/h2-7,12,17-18,24,29H,8-11,13-16H2,1H3,(H,30,31)/t17-,24?/m1/s1. The van der Waals surface area contributed by atoms with Crippen LogP contribution in [0, 0.1) is 11.8 Å². The van der Waals surface area contributed by atoms with Crippen LogP contribution in [0.4, 0.5) is 4.39 Å². The molecule has 2 aromatic rings. The van der Waals surface area contributed by atoms with Crippen LogP contribution in [-0.4, -0.2) is 72.0 Å². The number of carboxylic acids is 1. The molecule has 172 valence electrons. The Bertz CT molecular complexity index is 930. The molecule has 0 radical (unpaired) electrons. The zero-order valence-corrected chi connectivity index (χ0v) is 18.4. The average Bonchev–Trinajstić information content (AvgIpc) is 2.75. The molecule has 6 nitrogen and oxygen atoms in total. The molecule has 2 aliphatic rings. The molecule has 2 aliphatic heterocycles. The Balaban J connectivity index is 1.46. The second-order valence-corrected chi connectivity index (χ2v) is 8.97. The lowest BCUT2D eigenvalue weighted by atomic mass is 9.87. The van der Waals surface area contributed by atoms with Crippen molar-refractivity contribution in [1.29, 1.82) is 0 Å². The van der Waals surface area contributed by atoms with Crippen LogP contribution in [0.1, 0.15) is 29.7 Å². The van der Waals surface area contributed by atoms with E-state index >= 15 is 0 Å². The van der Waals surface area contributed by atoms with E-state index in [4.69, 9.17) is 4.74 Å². The number of fused-ring (bicyclic) bond motifs is 1. The number of nitrogens with zero attached hydrogens (tertiary/aromatic N) is 2. The average molecular weight is 443 g/mol. The molecule has 0 amide bonds. The molecule has 0 bridgehead atoms. The zero-order valence-electron chi connectivity index (χ0n) is 18.4. The molecule has 1 fully saturated rings. The summed E-state index contributed by atoms with van der Waals surface area (Å²) in [4.78, 5) is 15.9. The Hall–Kier alpha value is -2.64. The summed E-state index contributed by atoms with van der Waals surface area (Å²) in [6, 6.07) is 13.3. The molecule has 4 rings (SSSR count). The molecule has 2 heterocycles. The smallest absolute Gasteiger partial charge is 0.307 e. The summed E-state index contributed by atoms with van der Waals surface area (Å²) in [5.41, 5.74) is 3.26. The van der Waals surface area contributed by atoms with Gasteiger partial charge in [0, 0.05) is 38.6 Å². The van der Waals surface area contributed by atoms with Crippen molar-refractivity contribution in [3.8, 4) is 11.5 Å². The number of aromatic hydroxyl groups is 1. The van der Waals surface area contributed by atoms with Crippen molar-refractivity contribution >= 4 is 5.97 Å². The quantitative estimate of drug-likeness (QED) is 0.621. The van der Waals surface area contributed by atoms with Crippen LogP contribution in [0.3, 0.4) is 0 Å². The first kappa shape index (κ1) is 22.6. The van der Waals surface area contributed by atoms with Gasteiger partial charge in [0.2, 0.25) is 0 Å². The predicted octanol–water partition coefficient (Wildman–Crippen LogP) is 3.34. The lowest BCUT2D eigenvalue weighted by molar-refractivity contribution is -0.141.